The van der Waals surface area contributed by atoms with Gasteiger partial charge in [0.15, 0.2) is 0 Å². The van der Waals surface area contributed by atoms with E-state index in [1.807, 2.05) is 24.0 Å². The van der Waals surface area contributed by atoms with E-state index in [2.05, 4.69) is 12.1 Å². The highest BCUT2D eigenvalue weighted by Crippen LogP contribution is 2.17. The van der Waals surface area contributed by atoms with Crippen molar-refractivity contribution in [3.8, 4) is 0 Å². The van der Waals surface area contributed by atoms with Crippen molar-refractivity contribution in [3.63, 3.8) is 0 Å². The van der Waals surface area contributed by atoms with Crippen molar-refractivity contribution in [2.45, 2.75) is 32.6 Å². The summed E-state index contributed by atoms with van der Waals surface area (Å²) in [6, 6.07) is 8.31. The van der Waals surface area contributed by atoms with Crippen LogP contribution in [0.2, 0.25) is 0 Å². The molecule has 1 N–H and O–H groups in total. The zero-order valence-corrected chi connectivity index (χ0v) is 11.8. The summed E-state index contributed by atoms with van der Waals surface area (Å²) in [7, 11) is 0. The topological polar surface area (TPSA) is 57.6 Å². The molecule has 0 saturated heterocycles. The minimum atomic E-state index is -0.839. The Kier molecular flexibility index (Phi) is 4.77. The molecule has 0 spiro atoms. The highest BCUT2D eigenvalue weighted by atomic mass is 16.4. The molecule has 0 bridgehead atoms. The van der Waals surface area contributed by atoms with Gasteiger partial charge in [0.1, 0.15) is 0 Å². The maximum Gasteiger partial charge on any atom is 0.303 e. The Bertz CT molecular complexity index is 471. The molecule has 1 aliphatic rings. The molecule has 0 radical (unpaired) electrons. The Morgan fingerprint density at radius 1 is 1.15 bits per heavy atom. The van der Waals surface area contributed by atoms with Gasteiger partial charge in [0, 0.05) is 25.9 Å². The van der Waals surface area contributed by atoms with Crippen molar-refractivity contribution in [1.29, 1.82) is 0 Å². The molecule has 1 atom stereocenters. The van der Waals surface area contributed by atoms with Crippen LogP contribution in [0.4, 0.5) is 0 Å². The van der Waals surface area contributed by atoms with Gasteiger partial charge in [-0.2, -0.15) is 0 Å². The number of hydrogen-bond acceptors (Lipinski definition) is 2. The summed E-state index contributed by atoms with van der Waals surface area (Å²) in [6.45, 7) is 3.28. The molecule has 4 nitrogen and oxygen atoms in total. The van der Waals surface area contributed by atoms with E-state index < -0.39 is 5.97 Å². The van der Waals surface area contributed by atoms with Crippen LogP contribution in [0.15, 0.2) is 24.3 Å². The molecule has 4 heteroatoms. The summed E-state index contributed by atoms with van der Waals surface area (Å²) in [5.74, 6) is -0.870. The molecule has 1 amide bonds. The fourth-order valence-electron chi connectivity index (χ4n) is 2.71. The number of carboxylic acids is 1. The Hall–Kier alpha value is -1.84. The van der Waals surface area contributed by atoms with Crippen LogP contribution in [-0.4, -0.2) is 35.0 Å². The normalized spacial score (nSPS) is 16.1. The van der Waals surface area contributed by atoms with Crippen molar-refractivity contribution >= 4 is 11.9 Å². The largest absolute Gasteiger partial charge is 0.481 e. The van der Waals surface area contributed by atoms with E-state index in [0.29, 0.717) is 6.42 Å². The summed E-state index contributed by atoms with van der Waals surface area (Å²) >= 11 is 0. The molecule has 1 aromatic rings. The average Bonchev–Trinajstić information content (AvgIpc) is 2.60. The highest BCUT2D eigenvalue weighted by Gasteiger charge is 2.20. The highest BCUT2D eigenvalue weighted by molar-refractivity contribution is 5.77. The monoisotopic (exact) mass is 275 g/mol. The number of carbonyl (C=O) groups excluding carboxylic acids is 1. The fraction of sp³-hybridized carbons (Fsp3) is 0.500. The lowest BCUT2D eigenvalue weighted by molar-refractivity contribution is -0.138. The lowest BCUT2D eigenvalue weighted by Gasteiger charge is -2.21. The molecule has 1 heterocycles. The number of carbonyl (C=O) groups is 2. The van der Waals surface area contributed by atoms with Gasteiger partial charge in [-0.3, -0.25) is 9.59 Å². The zero-order valence-electron chi connectivity index (χ0n) is 11.8. The first-order chi connectivity index (χ1) is 9.56. The molecule has 0 aliphatic carbocycles. The van der Waals surface area contributed by atoms with Crippen LogP contribution < -0.4 is 0 Å². The summed E-state index contributed by atoms with van der Waals surface area (Å²) in [5, 5.41) is 8.75. The number of benzene rings is 1. The van der Waals surface area contributed by atoms with Gasteiger partial charge < -0.3 is 10.0 Å². The maximum absolute atomic E-state index is 12.2. The second-order valence-electron chi connectivity index (χ2n) is 5.56. The number of rotatable bonds is 4. The zero-order chi connectivity index (χ0) is 14.5. The molecule has 20 heavy (non-hydrogen) atoms. The smallest absolute Gasteiger partial charge is 0.303 e. The van der Waals surface area contributed by atoms with Crippen LogP contribution in [0.1, 0.15) is 30.9 Å². The number of fused-ring (bicyclic) bond motifs is 1. The minimum absolute atomic E-state index is 0.0554. The van der Waals surface area contributed by atoms with E-state index in [-0.39, 0.29) is 18.2 Å². The molecule has 0 aromatic heterocycles. The third-order valence-corrected chi connectivity index (χ3v) is 3.82. The number of carboxylic acid groups (broad SMARTS) is 1. The van der Waals surface area contributed by atoms with Gasteiger partial charge in [0.25, 0.3) is 0 Å². The molecule has 1 aliphatic heterocycles. The standard InChI is InChI=1S/C16H21NO3/c1-12(11-16(19)20)10-15(18)17-8-6-13-4-2-3-5-14(13)7-9-17/h2-5,12H,6-11H2,1H3,(H,19,20). The van der Waals surface area contributed by atoms with Gasteiger partial charge in [0.2, 0.25) is 5.91 Å². The number of amides is 1. The maximum atomic E-state index is 12.2. The molecule has 108 valence electrons. The van der Waals surface area contributed by atoms with Crippen LogP contribution in [0, 0.1) is 5.92 Å². The van der Waals surface area contributed by atoms with Gasteiger partial charge in [0.05, 0.1) is 0 Å². The van der Waals surface area contributed by atoms with Crippen LogP contribution in [-0.2, 0) is 22.4 Å². The van der Waals surface area contributed by atoms with Gasteiger partial charge in [-0.25, -0.2) is 0 Å². The first kappa shape index (κ1) is 14.6. The van der Waals surface area contributed by atoms with Crippen molar-refractivity contribution in [2.24, 2.45) is 5.92 Å². The van der Waals surface area contributed by atoms with E-state index in [0.717, 1.165) is 25.9 Å². The van der Waals surface area contributed by atoms with Gasteiger partial charge in [-0.15, -0.1) is 0 Å². The summed E-state index contributed by atoms with van der Waals surface area (Å²) in [6.07, 6.45) is 2.15. The number of aliphatic carboxylic acids is 1. The average molecular weight is 275 g/mol. The van der Waals surface area contributed by atoms with Crippen LogP contribution in [0.3, 0.4) is 0 Å². The summed E-state index contributed by atoms with van der Waals surface area (Å²) < 4.78 is 0. The van der Waals surface area contributed by atoms with E-state index in [9.17, 15) is 9.59 Å². The van der Waals surface area contributed by atoms with Gasteiger partial charge >= 0.3 is 5.97 Å². The number of nitrogens with zero attached hydrogens (tertiary/aromatic N) is 1. The third kappa shape index (κ3) is 3.83. The van der Waals surface area contributed by atoms with Gasteiger partial charge in [-0.05, 0) is 29.9 Å². The van der Waals surface area contributed by atoms with Crippen molar-refractivity contribution in [3.05, 3.63) is 35.4 Å². The molecule has 0 saturated carbocycles. The summed E-state index contributed by atoms with van der Waals surface area (Å²) in [4.78, 5) is 24.7. The Balaban J connectivity index is 1.92. The predicted molar refractivity (Wildman–Crippen MR) is 76.5 cm³/mol. The first-order valence-electron chi connectivity index (χ1n) is 7.12. The van der Waals surface area contributed by atoms with Crippen molar-refractivity contribution < 1.29 is 14.7 Å². The SMILES string of the molecule is CC(CC(=O)O)CC(=O)N1CCc2ccccc2CC1. The van der Waals surface area contributed by atoms with Gasteiger partial charge in [-0.1, -0.05) is 31.2 Å². The van der Waals surface area contributed by atoms with E-state index in [1.165, 1.54) is 11.1 Å². The molecular formula is C16H21NO3. The molecule has 0 fully saturated rings. The Labute approximate surface area is 119 Å². The molecule has 2 rings (SSSR count). The lowest BCUT2D eigenvalue weighted by Crippen LogP contribution is -2.34. The second kappa shape index (κ2) is 6.55. The first-order valence-corrected chi connectivity index (χ1v) is 7.12. The minimum Gasteiger partial charge on any atom is -0.481 e. The Morgan fingerprint density at radius 3 is 2.20 bits per heavy atom. The van der Waals surface area contributed by atoms with E-state index >= 15 is 0 Å². The van der Waals surface area contributed by atoms with Crippen LogP contribution in [0.25, 0.3) is 0 Å². The molecule has 1 aromatic carbocycles. The van der Waals surface area contributed by atoms with Crippen molar-refractivity contribution in [1.82, 2.24) is 4.90 Å². The van der Waals surface area contributed by atoms with E-state index in [1.54, 1.807) is 0 Å². The molecule has 1 unspecified atom stereocenters. The molecular weight excluding hydrogens is 254 g/mol. The van der Waals surface area contributed by atoms with Crippen LogP contribution >= 0.6 is 0 Å². The van der Waals surface area contributed by atoms with Crippen molar-refractivity contribution in [2.75, 3.05) is 13.1 Å². The second-order valence-corrected chi connectivity index (χ2v) is 5.56. The number of hydrogen-bond donors (Lipinski definition) is 1. The summed E-state index contributed by atoms with van der Waals surface area (Å²) in [5.41, 5.74) is 2.64. The fourth-order valence-corrected chi connectivity index (χ4v) is 2.71. The lowest BCUT2D eigenvalue weighted by atomic mass is 10.0. The van der Waals surface area contributed by atoms with E-state index in [4.69, 9.17) is 5.11 Å². The van der Waals surface area contributed by atoms with Crippen LogP contribution in [0.5, 0.6) is 0 Å². The Morgan fingerprint density at radius 2 is 1.70 bits per heavy atom. The third-order valence-electron chi connectivity index (χ3n) is 3.82. The quantitative estimate of drug-likeness (QED) is 0.915. The predicted octanol–water partition coefficient (Wildman–Crippen LogP) is 2.11.